The van der Waals surface area contributed by atoms with Gasteiger partial charge in [-0.3, -0.25) is 9.89 Å². The number of rotatable bonds is 6. The van der Waals surface area contributed by atoms with Crippen molar-refractivity contribution in [2.24, 2.45) is 5.10 Å². The summed E-state index contributed by atoms with van der Waals surface area (Å²) in [7, 11) is 1.62. The Hall–Kier alpha value is -3.93. The second kappa shape index (κ2) is 8.83. The maximum absolute atomic E-state index is 12.5. The van der Waals surface area contributed by atoms with Crippen LogP contribution in [-0.4, -0.2) is 29.4 Å². The summed E-state index contributed by atoms with van der Waals surface area (Å²) < 4.78 is 5.54. The number of carbonyl (C=O) groups excluding carboxylic acids is 1. The second-order valence-electron chi connectivity index (χ2n) is 7.55. The minimum Gasteiger partial charge on any atom is -0.496 e. The molecule has 3 aromatic carbocycles. The first-order valence-corrected chi connectivity index (χ1v) is 10.1. The molecule has 0 unspecified atom stereocenters. The average Bonchev–Trinajstić information content (AvgIpc) is 3.28. The van der Waals surface area contributed by atoms with E-state index in [1.807, 2.05) is 48.5 Å². The van der Waals surface area contributed by atoms with Gasteiger partial charge in [0, 0.05) is 0 Å². The van der Waals surface area contributed by atoms with Crippen molar-refractivity contribution in [3.8, 4) is 17.0 Å². The highest BCUT2D eigenvalue weighted by Gasteiger charge is 2.16. The van der Waals surface area contributed by atoms with Gasteiger partial charge in [-0.25, -0.2) is 5.43 Å². The number of aromatic nitrogens is 2. The molecule has 0 radical (unpaired) electrons. The van der Waals surface area contributed by atoms with E-state index in [-0.39, 0.29) is 5.91 Å². The minimum atomic E-state index is -0.368. The number of hydrogen-bond acceptors (Lipinski definition) is 4. The van der Waals surface area contributed by atoms with Crippen molar-refractivity contribution < 1.29 is 9.53 Å². The number of methoxy groups -OCH3 is 1. The van der Waals surface area contributed by atoms with Gasteiger partial charge in [0.05, 0.1) is 24.6 Å². The predicted octanol–water partition coefficient (Wildman–Crippen LogP) is 5.13. The zero-order valence-corrected chi connectivity index (χ0v) is 17.7. The molecule has 0 aliphatic rings. The highest BCUT2D eigenvalue weighted by Crippen LogP contribution is 2.36. The Bertz CT molecular complexity index is 1240. The number of nitrogens with zero attached hydrogens (tertiary/aromatic N) is 2. The smallest absolute Gasteiger partial charge is 0.289 e. The van der Waals surface area contributed by atoms with Crippen molar-refractivity contribution in [3.05, 3.63) is 83.6 Å². The van der Waals surface area contributed by atoms with Crippen LogP contribution in [0, 0.1) is 0 Å². The van der Waals surface area contributed by atoms with Gasteiger partial charge in [0.15, 0.2) is 0 Å². The van der Waals surface area contributed by atoms with Gasteiger partial charge in [-0.2, -0.15) is 10.2 Å². The predicted molar refractivity (Wildman–Crippen MR) is 124 cm³/mol. The Morgan fingerprint density at radius 3 is 2.61 bits per heavy atom. The minimum absolute atomic E-state index is 0.317. The van der Waals surface area contributed by atoms with Crippen LogP contribution in [0.3, 0.4) is 0 Å². The average molecular weight is 412 g/mol. The first-order chi connectivity index (χ1) is 15.1. The fraction of sp³-hybridized carbons (Fsp3) is 0.160. The van der Waals surface area contributed by atoms with Crippen molar-refractivity contribution in [3.63, 3.8) is 0 Å². The monoisotopic (exact) mass is 412 g/mol. The van der Waals surface area contributed by atoms with Crippen molar-refractivity contribution in [2.45, 2.75) is 19.8 Å². The molecule has 0 fully saturated rings. The number of fused-ring (bicyclic) bond motifs is 1. The number of aromatic amines is 1. The SMILES string of the molecule is COc1ccc2ccccc2c1-c1cc(C(=O)NN=Cc2ccc(C(C)C)cc2)[nH]n1. The van der Waals surface area contributed by atoms with Crippen LogP contribution in [0.5, 0.6) is 5.75 Å². The van der Waals surface area contributed by atoms with Gasteiger partial charge in [-0.05, 0) is 39.9 Å². The summed E-state index contributed by atoms with van der Waals surface area (Å²) in [5, 5.41) is 13.3. The van der Waals surface area contributed by atoms with Crippen LogP contribution in [0.1, 0.15) is 41.4 Å². The molecule has 2 N–H and O–H groups in total. The van der Waals surface area contributed by atoms with Crippen LogP contribution in [0.15, 0.2) is 71.8 Å². The summed E-state index contributed by atoms with van der Waals surface area (Å²) in [5.74, 6) is 0.800. The molecule has 4 aromatic rings. The van der Waals surface area contributed by atoms with Gasteiger partial charge in [-0.1, -0.05) is 68.4 Å². The Kier molecular flexibility index (Phi) is 5.80. The Morgan fingerprint density at radius 2 is 1.87 bits per heavy atom. The van der Waals surface area contributed by atoms with E-state index in [0.717, 1.165) is 21.9 Å². The van der Waals surface area contributed by atoms with Crippen molar-refractivity contribution in [1.29, 1.82) is 0 Å². The maximum Gasteiger partial charge on any atom is 0.289 e. The van der Waals surface area contributed by atoms with E-state index in [4.69, 9.17) is 4.74 Å². The molecule has 4 rings (SSSR count). The van der Waals surface area contributed by atoms with E-state index in [9.17, 15) is 4.79 Å². The number of benzene rings is 3. The Labute approximate surface area is 181 Å². The molecule has 1 heterocycles. The fourth-order valence-corrected chi connectivity index (χ4v) is 3.44. The van der Waals surface area contributed by atoms with Gasteiger partial charge < -0.3 is 4.74 Å². The van der Waals surface area contributed by atoms with Crippen LogP contribution < -0.4 is 10.2 Å². The summed E-state index contributed by atoms with van der Waals surface area (Å²) in [6.45, 7) is 4.30. The number of nitrogens with one attached hydrogen (secondary N) is 2. The van der Waals surface area contributed by atoms with Crippen LogP contribution in [0.25, 0.3) is 22.0 Å². The third-order valence-electron chi connectivity index (χ3n) is 5.17. The first-order valence-electron chi connectivity index (χ1n) is 10.1. The van der Waals surface area contributed by atoms with Crippen molar-refractivity contribution in [1.82, 2.24) is 15.6 Å². The third kappa shape index (κ3) is 4.33. The number of amides is 1. The highest BCUT2D eigenvalue weighted by atomic mass is 16.5. The normalized spacial score (nSPS) is 11.4. The van der Waals surface area contributed by atoms with E-state index in [0.29, 0.717) is 23.1 Å². The van der Waals surface area contributed by atoms with Gasteiger partial charge >= 0.3 is 0 Å². The molecule has 156 valence electrons. The number of H-pyrrole nitrogens is 1. The van der Waals surface area contributed by atoms with E-state index >= 15 is 0 Å². The quantitative estimate of drug-likeness (QED) is 0.340. The molecule has 0 spiro atoms. The molecule has 0 saturated carbocycles. The lowest BCUT2D eigenvalue weighted by molar-refractivity contribution is 0.0950. The molecule has 0 bridgehead atoms. The van der Waals surface area contributed by atoms with E-state index < -0.39 is 0 Å². The second-order valence-corrected chi connectivity index (χ2v) is 7.55. The Balaban J connectivity index is 1.53. The molecule has 1 amide bonds. The van der Waals surface area contributed by atoms with Crippen molar-refractivity contribution in [2.75, 3.05) is 7.11 Å². The number of hydrazone groups is 1. The number of ether oxygens (including phenoxy) is 1. The third-order valence-corrected chi connectivity index (χ3v) is 5.17. The summed E-state index contributed by atoms with van der Waals surface area (Å²) >= 11 is 0. The van der Waals surface area contributed by atoms with Gasteiger partial charge in [0.1, 0.15) is 11.4 Å². The lowest BCUT2D eigenvalue weighted by Gasteiger charge is -2.09. The number of hydrogen-bond donors (Lipinski definition) is 2. The van der Waals surface area contributed by atoms with E-state index in [1.165, 1.54) is 5.56 Å². The summed E-state index contributed by atoms with van der Waals surface area (Å²) in [4.78, 5) is 12.5. The topological polar surface area (TPSA) is 79.4 Å². The standard InChI is InChI=1S/C25H24N4O2/c1-16(2)18-10-8-17(9-11-18)15-26-29-25(30)22-14-21(27-28-22)24-20-7-5-4-6-19(20)12-13-23(24)31-3/h4-16H,1-3H3,(H,27,28)(H,29,30). The van der Waals surface area contributed by atoms with Gasteiger partial charge in [-0.15, -0.1) is 0 Å². The molecule has 0 aliphatic carbocycles. The van der Waals surface area contributed by atoms with Crippen LogP contribution in [0.4, 0.5) is 0 Å². The molecule has 0 atom stereocenters. The molecule has 6 nitrogen and oxygen atoms in total. The molecular weight excluding hydrogens is 388 g/mol. The largest absolute Gasteiger partial charge is 0.496 e. The van der Waals surface area contributed by atoms with E-state index in [1.54, 1.807) is 19.4 Å². The molecule has 31 heavy (non-hydrogen) atoms. The summed E-state index contributed by atoms with van der Waals surface area (Å²) in [6, 6.07) is 21.7. The van der Waals surface area contributed by atoms with Gasteiger partial charge in [0.2, 0.25) is 0 Å². The van der Waals surface area contributed by atoms with Gasteiger partial charge in [0.25, 0.3) is 5.91 Å². The zero-order chi connectivity index (χ0) is 21.8. The molecule has 0 saturated heterocycles. The maximum atomic E-state index is 12.5. The molecular formula is C25H24N4O2. The van der Waals surface area contributed by atoms with E-state index in [2.05, 4.69) is 46.7 Å². The zero-order valence-electron chi connectivity index (χ0n) is 17.7. The first kappa shape index (κ1) is 20.3. The van der Waals surface area contributed by atoms with Crippen LogP contribution in [0.2, 0.25) is 0 Å². The van der Waals surface area contributed by atoms with Crippen LogP contribution in [-0.2, 0) is 0 Å². The van der Waals surface area contributed by atoms with Crippen molar-refractivity contribution >= 4 is 22.9 Å². The number of carbonyl (C=O) groups is 1. The molecule has 0 aliphatic heterocycles. The molecule has 6 heteroatoms. The highest BCUT2D eigenvalue weighted by molar-refractivity contribution is 6.00. The fourth-order valence-electron chi connectivity index (χ4n) is 3.44. The lowest BCUT2D eigenvalue weighted by Crippen LogP contribution is -2.18. The Morgan fingerprint density at radius 1 is 1.10 bits per heavy atom. The lowest BCUT2D eigenvalue weighted by atomic mass is 10.0. The summed E-state index contributed by atoms with van der Waals surface area (Å²) in [5.41, 5.74) is 6.50. The molecule has 1 aromatic heterocycles. The summed E-state index contributed by atoms with van der Waals surface area (Å²) in [6.07, 6.45) is 1.62. The van der Waals surface area contributed by atoms with Crippen LogP contribution >= 0.6 is 0 Å².